The molecule has 1 aromatic heterocycles. The highest BCUT2D eigenvalue weighted by molar-refractivity contribution is 7.13. The molecule has 106 valence electrons. The fourth-order valence-corrected chi connectivity index (χ4v) is 2.95. The van der Waals surface area contributed by atoms with Crippen molar-refractivity contribution >= 4 is 11.3 Å². The van der Waals surface area contributed by atoms with Crippen LogP contribution in [0.5, 0.6) is 0 Å². The summed E-state index contributed by atoms with van der Waals surface area (Å²) in [5.41, 5.74) is 10.1. The Kier molecular flexibility index (Phi) is 3.82. The Morgan fingerprint density at radius 1 is 1.14 bits per heavy atom. The first-order valence-corrected chi connectivity index (χ1v) is 7.57. The topological polar surface area (TPSA) is 38.9 Å². The van der Waals surface area contributed by atoms with E-state index >= 15 is 0 Å². The maximum Gasteiger partial charge on any atom is 0.126 e. The molecule has 0 bridgehead atoms. The molecule has 0 unspecified atom stereocenters. The van der Waals surface area contributed by atoms with E-state index in [1.807, 2.05) is 35.7 Å². The highest BCUT2D eigenvalue weighted by Crippen LogP contribution is 2.30. The van der Waals surface area contributed by atoms with Gasteiger partial charge in [-0.15, -0.1) is 11.3 Å². The number of aromatic nitrogens is 1. The van der Waals surface area contributed by atoms with E-state index in [1.165, 1.54) is 17.4 Å². The van der Waals surface area contributed by atoms with Gasteiger partial charge in [-0.2, -0.15) is 0 Å². The fourth-order valence-electron chi connectivity index (χ4n) is 2.12. The van der Waals surface area contributed by atoms with Gasteiger partial charge in [-0.1, -0.05) is 30.3 Å². The minimum Gasteiger partial charge on any atom is -0.326 e. The Morgan fingerprint density at radius 2 is 2.00 bits per heavy atom. The van der Waals surface area contributed by atoms with Crippen LogP contribution < -0.4 is 5.73 Å². The van der Waals surface area contributed by atoms with Crippen LogP contribution in [0, 0.1) is 12.7 Å². The molecule has 3 aromatic rings. The molecule has 0 fully saturated rings. The first-order valence-electron chi connectivity index (χ1n) is 6.69. The van der Waals surface area contributed by atoms with Gasteiger partial charge >= 0.3 is 0 Å². The van der Waals surface area contributed by atoms with Gasteiger partial charge in [0.15, 0.2) is 0 Å². The van der Waals surface area contributed by atoms with Crippen molar-refractivity contribution in [3.05, 3.63) is 64.8 Å². The molecule has 1 heterocycles. The monoisotopic (exact) mass is 298 g/mol. The van der Waals surface area contributed by atoms with Crippen molar-refractivity contribution in [3.63, 3.8) is 0 Å². The van der Waals surface area contributed by atoms with E-state index in [4.69, 9.17) is 5.73 Å². The highest BCUT2D eigenvalue weighted by atomic mass is 32.1. The molecule has 0 aliphatic rings. The van der Waals surface area contributed by atoms with Gasteiger partial charge in [-0.3, -0.25) is 0 Å². The van der Waals surface area contributed by atoms with Gasteiger partial charge in [0.2, 0.25) is 0 Å². The van der Waals surface area contributed by atoms with Crippen LogP contribution in [0.25, 0.3) is 21.8 Å². The predicted molar refractivity (Wildman–Crippen MR) is 85.6 cm³/mol. The summed E-state index contributed by atoms with van der Waals surface area (Å²) in [6.45, 7) is 2.26. The van der Waals surface area contributed by atoms with Crippen LogP contribution in [0.4, 0.5) is 4.39 Å². The Balaban J connectivity index is 1.97. The molecule has 0 saturated carbocycles. The number of hydrogen-bond acceptors (Lipinski definition) is 3. The standard InChI is InChI=1S/C17H15FN2S/c1-11-5-6-14(8-15(11)18)17-20-16(10-21-17)13-4-2-3-12(7-13)9-19/h2-8,10H,9,19H2,1H3. The Hall–Kier alpha value is -2.04. The van der Waals surface area contributed by atoms with E-state index in [0.29, 0.717) is 12.1 Å². The van der Waals surface area contributed by atoms with Crippen molar-refractivity contribution in [2.75, 3.05) is 0 Å². The van der Waals surface area contributed by atoms with Gasteiger partial charge in [-0.05, 0) is 30.2 Å². The third kappa shape index (κ3) is 2.86. The summed E-state index contributed by atoms with van der Waals surface area (Å²) in [6.07, 6.45) is 0. The van der Waals surface area contributed by atoms with Crippen molar-refractivity contribution in [2.45, 2.75) is 13.5 Å². The lowest BCUT2D eigenvalue weighted by atomic mass is 10.1. The second kappa shape index (κ2) is 5.76. The zero-order valence-corrected chi connectivity index (χ0v) is 12.5. The van der Waals surface area contributed by atoms with Gasteiger partial charge in [0, 0.05) is 23.1 Å². The fraction of sp³-hybridized carbons (Fsp3) is 0.118. The number of rotatable bonds is 3. The summed E-state index contributed by atoms with van der Waals surface area (Å²) < 4.78 is 13.7. The van der Waals surface area contributed by atoms with E-state index in [1.54, 1.807) is 13.0 Å². The minimum absolute atomic E-state index is 0.200. The summed E-state index contributed by atoms with van der Waals surface area (Å²) in [7, 11) is 0. The Morgan fingerprint density at radius 3 is 2.76 bits per heavy atom. The average Bonchev–Trinajstić information content (AvgIpc) is 3.00. The lowest BCUT2D eigenvalue weighted by molar-refractivity contribution is 0.619. The number of halogens is 1. The van der Waals surface area contributed by atoms with Crippen LogP contribution in [0.1, 0.15) is 11.1 Å². The first-order chi connectivity index (χ1) is 10.2. The Bertz CT molecular complexity index is 780. The molecule has 0 amide bonds. The second-order valence-electron chi connectivity index (χ2n) is 4.91. The molecule has 21 heavy (non-hydrogen) atoms. The number of thiazole rings is 1. The molecule has 2 N–H and O–H groups in total. The maximum absolute atomic E-state index is 13.7. The summed E-state index contributed by atoms with van der Waals surface area (Å²) in [5, 5.41) is 2.81. The van der Waals surface area contributed by atoms with E-state index in [0.717, 1.165) is 27.4 Å². The van der Waals surface area contributed by atoms with Crippen LogP contribution in [0.3, 0.4) is 0 Å². The van der Waals surface area contributed by atoms with Crippen LogP contribution in [-0.2, 0) is 6.54 Å². The predicted octanol–water partition coefficient (Wildman–Crippen LogP) is 4.38. The number of nitrogens with two attached hydrogens (primary N) is 1. The molecular formula is C17H15FN2S. The second-order valence-corrected chi connectivity index (χ2v) is 5.76. The Labute approximate surface area is 127 Å². The van der Waals surface area contributed by atoms with Gasteiger partial charge in [-0.25, -0.2) is 9.37 Å². The van der Waals surface area contributed by atoms with Crippen LogP contribution in [0.2, 0.25) is 0 Å². The van der Waals surface area contributed by atoms with E-state index in [2.05, 4.69) is 4.98 Å². The highest BCUT2D eigenvalue weighted by Gasteiger charge is 2.08. The van der Waals surface area contributed by atoms with Gasteiger partial charge in [0.05, 0.1) is 5.69 Å². The smallest absolute Gasteiger partial charge is 0.126 e. The van der Waals surface area contributed by atoms with Crippen molar-refractivity contribution in [3.8, 4) is 21.8 Å². The average molecular weight is 298 g/mol. The number of hydrogen-bond donors (Lipinski definition) is 1. The molecule has 0 aliphatic carbocycles. The summed E-state index contributed by atoms with van der Waals surface area (Å²) in [5.74, 6) is -0.200. The molecule has 4 heteroatoms. The molecule has 0 spiro atoms. The van der Waals surface area contributed by atoms with Crippen LogP contribution in [0.15, 0.2) is 47.8 Å². The van der Waals surface area contributed by atoms with Crippen LogP contribution in [-0.4, -0.2) is 4.98 Å². The third-order valence-corrected chi connectivity index (χ3v) is 4.27. The molecule has 2 nitrogen and oxygen atoms in total. The van der Waals surface area contributed by atoms with E-state index in [9.17, 15) is 4.39 Å². The molecular weight excluding hydrogens is 283 g/mol. The first kappa shape index (κ1) is 13.9. The number of aryl methyl sites for hydroxylation is 1. The molecule has 0 atom stereocenters. The zero-order valence-electron chi connectivity index (χ0n) is 11.6. The SMILES string of the molecule is Cc1ccc(-c2nc(-c3cccc(CN)c3)cs2)cc1F. The van der Waals surface area contributed by atoms with Crippen molar-refractivity contribution < 1.29 is 4.39 Å². The quantitative estimate of drug-likeness (QED) is 0.779. The molecule has 0 aliphatic heterocycles. The van der Waals surface area contributed by atoms with Crippen molar-refractivity contribution in [1.29, 1.82) is 0 Å². The van der Waals surface area contributed by atoms with Crippen molar-refractivity contribution in [2.24, 2.45) is 5.73 Å². The molecule has 3 rings (SSSR count). The third-order valence-electron chi connectivity index (χ3n) is 3.38. The number of benzene rings is 2. The molecule has 0 saturated heterocycles. The van der Waals surface area contributed by atoms with Gasteiger partial charge in [0.1, 0.15) is 10.8 Å². The number of nitrogens with zero attached hydrogens (tertiary/aromatic N) is 1. The van der Waals surface area contributed by atoms with Crippen molar-refractivity contribution in [1.82, 2.24) is 4.98 Å². The minimum atomic E-state index is -0.200. The molecule has 2 aromatic carbocycles. The lowest BCUT2D eigenvalue weighted by Crippen LogP contribution is -1.95. The molecule has 0 radical (unpaired) electrons. The summed E-state index contributed by atoms with van der Waals surface area (Å²) in [6, 6.07) is 13.2. The van der Waals surface area contributed by atoms with Gasteiger partial charge in [0.25, 0.3) is 0 Å². The van der Waals surface area contributed by atoms with E-state index in [-0.39, 0.29) is 5.82 Å². The van der Waals surface area contributed by atoms with E-state index < -0.39 is 0 Å². The van der Waals surface area contributed by atoms with Gasteiger partial charge < -0.3 is 5.73 Å². The summed E-state index contributed by atoms with van der Waals surface area (Å²) >= 11 is 1.52. The normalized spacial score (nSPS) is 10.8. The largest absolute Gasteiger partial charge is 0.326 e. The lowest BCUT2D eigenvalue weighted by Gasteiger charge is -2.01. The zero-order chi connectivity index (χ0) is 14.8. The maximum atomic E-state index is 13.7. The van der Waals surface area contributed by atoms with Crippen LogP contribution >= 0.6 is 11.3 Å². The summed E-state index contributed by atoms with van der Waals surface area (Å²) in [4.78, 5) is 4.61.